The average molecular weight is 379 g/mol. The number of hydrogen-bond acceptors (Lipinski definition) is 4. The number of nitrogens with zero attached hydrogens (tertiary/aromatic N) is 1. The first-order valence-electron chi connectivity index (χ1n) is 8.72. The van der Waals surface area contributed by atoms with Gasteiger partial charge in [-0.1, -0.05) is 24.3 Å². The second kappa shape index (κ2) is 8.60. The average Bonchev–Trinajstić information content (AvgIpc) is 3.04. The van der Waals surface area contributed by atoms with Crippen molar-refractivity contribution < 1.29 is 9.59 Å². The Balaban J connectivity index is 1.56. The number of rotatable bonds is 6. The fraction of sp³-hybridized carbons (Fsp3) is 0.190. The van der Waals surface area contributed by atoms with E-state index in [9.17, 15) is 9.59 Å². The Morgan fingerprint density at radius 3 is 2.56 bits per heavy atom. The number of para-hydroxylation sites is 1. The summed E-state index contributed by atoms with van der Waals surface area (Å²) in [6.45, 7) is 3.86. The number of hydrogen-bond donors (Lipinski definition) is 2. The van der Waals surface area contributed by atoms with Crippen LogP contribution < -0.4 is 10.6 Å². The number of anilines is 1. The van der Waals surface area contributed by atoms with Crippen LogP contribution in [0.5, 0.6) is 0 Å². The normalized spacial score (nSPS) is 11.2. The topological polar surface area (TPSA) is 71.1 Å². The van der Waals surface area contributed by atoms with Crippen molar-refractivity contribution in [2.45, 2.75) is 26.3 Å². The number of carbonyl (C=O) groups is 2. The van der Waals surface area contributed by atoms with E-state index in [1.807, 2.05) is 50.2 Å². The molecule has 0 aliphatic heterocycles. The monoisotopic (exact) mass is 379 g/mol. The Hall–Kier alpha value is -2.99. The Labute approximate surface area is 162 Å². The highest BCUT2D eigenvalue weighted by molar-refractivity contribution is 7.19. The first-order chi connectivity index (χ1) is 13.0. The molecule has 0 fully saturated rings. The number of benzene rings is 2. The van der Waals surface area contributed by atoms with Gasteiger partial charge in [0, 0.05) is 17.8 Å². The van der Waals surface area contributed by atoms with Gasteiger partial charge in [-0.2, -0.15) is 0 Å². The second-order valence-corrected chi connectivity index (χ2v) is 7.50. The van der Waals surface area contributed by atoms with Gasteiger partial charge < -0.3 is 10.6 Å². The molecule has 0 atom stereocenters. The number of nitrogens with one attached hydrogen (secondary N) is 2. The molecule has 0 aliphatic rings. The van der Waals surface area contributed by atoms with E-state index in [1.165, 1.54) is 6.08 Å². The Bertz CT molecular complexity index is 942. The zero-order valence-corrected chi connectivity index (χ0v) is 16.0. The van der Waals surface area contributed by atoms with E-state index >= 15 is 0 Å². The number of amides is 2. The van der Waals surface area contributed by atoms with Crippen LogP contribution in [0.4, 0.5) is 5.69 Å². The molecule has 2 amide bonds. The highest BCUT2D eigenvalue weighted by atomic mass is 32.1. The largest absolute Gasteiger partial charge is 0.354 e. The predicted molar refractivity (Wildman–Crippen MR) is 111 cm³/mol. The lowest BCUT2D eigenvalue weighted by molar-refractivity contribution is -0.121. The molecule has 3 aromatic rings. The van der Waals surface area contributed by atoms with E-state index in [2.05, 4.69) is 15.6 Å². The smallest absolute Gasteiger partial charge is 0.248 e. The molecule has 5 nitrogen and oxygen atoms in total. The molecule has 0 saturated heterocycles. The van der Waals surface area contributed by atoms with Crippen molar-refractivity contribution in [3.8, 4) is 0 Å². The van der Waals surface area contributed by atoms with Crippen LogP contribution in [-0.4, -0.2) is 22.8 Å². The van der Waals surface area contributed by atoms with Gasteiger partial charge in [0.15, 0.2) is 0 Å². The van der Waals surface area contributed by atoms with Gasteiger partial charge >= 0.3 is 0 Å². The summed E-state index contributed by atoms with van der Waals surface area (Å²) in [5.41, 5.74) is 2.51. The van der Waals surface area contributed by atoms with Crippen molar-refractivity contribution in [2.75, 3.05) is 5.32 Å². The maximum absolute atomic E-state index is 12.1. The minimum Gasteiger partial charge on any atom is -0.354 e. The van der Waals surface area contributed by atoms with E-state index in [0.29, 0.717) is 12.1 Å². The van der Waals surface area contributed by atoms with Crippen LogP contribution in [0.15, 0.2) is 54.6 Å². The van der Waals surface area contributed by atoms with Crippen molar-refractivity contribution in [3.05, 3.63) is 65.2 Å². The molecule has 2 N–H and O–H groups in total. The Morgan fingerprint density at radius 2 is 1.85 bits per heavy atom. The maximum Gasteiger partial charge on any atom is 0.248 e. The Kier molecular flexibility index (Phi) is 5.98. The van der Waals surface area contributed by atoms with Gasteiger partial charge in [0.2, 0.25) is 11.8 Å². The number of fused-ring (bicyclic) bond motifs is 1. The van der Waals surface area contributed by atoms with Gasteiger partial charge in [-0.3, -0.25) is 9.59 Å². The fourth-order valence-corrected chi connectivity index (χ4v) is 3.43. The third-order valence-corrected chi connectivity index (χ3v) is 4.73. The first kappa shape index (κ1) is 18.8. The van der Waals surface area contributed by atoms with E-state index in [0.717, 1.165) is 20.8 Å². The van der Waals surface area contributed by atoms with Gasteiger partial charge in [0.05, 0.1) is 16.6 Å². The van der Waals surface area contributed by atoms with Crippen molar-refractivity contribution in [3.63, 3.8) is 0 Å². The van der Waals surface area contributed by atoms with Crippen LogP contribution >= 0.6 is 11.3 Å². The quantitative estimate of drug-likeness (QED) is 0.636. The standard InChI is InChI=1S/C21H21N3O2S/c1-14(2)22-20(26)13-15-7-9-16(10-8-15)23-19(25)11-12-21-24-17-5-3-4-6-18(17)27-21/h3-12,14H,13H2,1-2H3,(H,22,26)(H,23,25)/b12-11+. The zero-order valence-electron chi connectivity index (χ0n) is 15.2. The highest BCUT2D eigenvalue weighted by Gasteiger charge is 2.06. The number of aromatic nitrogens is 1. The highest BCUT2D eigenvalue weighted by Crippen LogP contribution is 2.22. The lowest BCUT2D eigenvalue weighted by atomic mass is 10.1. The molecule has 6 heteroatoms. The number of carbonyl (C=O) groups excluding carboxylic acids is 2. The van der Waals surface area contributed by atoms with Crippen LogP contribution in [0, 0.1) is 0 Å². The summed E-state index contributed by atoms with van der Waals surface area (Å²) in [6, 6.07) is 15.3. The molecule has 3 rings (SSSR count). The van der Waals surface area contributed by atoms with Crippen molar-refractivity contribution in [2.24, 2.45) is 0 Å². The summed E-state index contributed by atoms with van der Waals surface area (Å²) < 4.78 is 1.09. The van der Waals surface area contributed by atoms with Crippen LogP contribution in [0.25, 0.3) is 16.3 Å². The molecule has 1 aromatic heterocycles. The van der Waals surface area contributed by atoms with E-state index in [1.54, 1.807) is 29.5 Å². The van der Waals surface area contributed by atoms with Gasteiger partial charge in [-0.15, -0.1) is 11.3 Å². The molecular formula is C21H21N3O2S. The number of thiazole rings is 1. The molecule has 1 heterocycles. The summed E-state index contributed by atoms with van der Waals surface area (Å²) in [7, 11) is 0. The minimum atomic E-state index is -0.223. The van der Waals surface area contributed by atoms with E-state index in [4.69, 9.17) is 0 Å². The summed E-state index contributed by atoms with van der Waals surface area (Å²) >= 11 is 1.54. The van der Waals surface area contributed by atoms with E-state index < -0.39 is 0 Å². The maximum atomic E-state index is 12.1. The van der Waals surface area contributed by atoms with Gasteiger partial charge in [-0.05, 0) is 49.8 Å². The molecule has 0 saturated carbocycles. The van der Waals surface area contributed by atoms with Crippen LogP contribution in [0.2, 0.25) is 0 Å². The van der Waals surface area contributed by atoms with Crippen LogP contribution in [0.1, 0.15) is 24.4 Å². The molecule has 138 valence electrons. The predicted octanol–water partition coefficient (Wildman–Crippen LogP) is 4.02. The van der Waals surface area contributed by atoms with Gasteiger partial charge in [0.1, 0.15) is 5.01 Å². The third kappa shape index (κ3) is 5.49. The lowest BCUT2D eigenvalue weighted by Gasteiger charge is -2.08. The summed E-state index contributed by atoms with van der Waals surface area (Å²) in [4.78, 5) is 28.3. The van der Waals surface area contributed by atoms with E-state index in [-0.39, 0.29) is 17.9 Å². The van der Waals surface area contributed by atoms with Gasteiger partial charge in [0.25, 0.3) is 0 Å². The first-order valence-corrected chi connectivity index (χ1v) is 9.54. The molecule has 27 heavy (non-hydrogen) atoms. The Morgan fingerprint density at radius 1 is 1.11 bits per heavy atom. The molecule has 0 aliphatic carbocycles. The molecule has 0 spiro atoms. The molecule has 0 unspecified atom stereocenters. The second-order valence-electron chi connectivity index (χ2n) is 6.44. The molecule has 0 radical (unpaired) electrons. The van der Waals surface area contributed by atoms with Crippen LogP contribution in [-0.2, 0) is 16.0 Å². The fourth-order valence-electron chi connectivity index (χ4n) is 2.56. The summed E-state index contributed by atoms with van der Waals surface area (Å²) in [6.07, 6.45) is 3.51. The van der Waals surface area contributed by atoms with Crippen molar-refractivity contribution in [1.29, 1.82) is 0 Å². The minimum absolute atomic E-state index is 0.0134. The molecule has 2 aromatic carbocycles. The SMILES string of the molecule is CC(C)NC(=O)Cc1ccc(NC(=O)/C=C/c2nc3ccccc3s2)cc1. The molecule has 0 bridgehead atoms. The summed E-state index contributed by atoms with van der Waals surface area (Å²) in [5.74, 6) is -0.236. The third-order valence-electron chi connectivity index (χ3n) is 3.72. The zero-order chi connectivity index (χ0) is 19.2. The van der Waals surface area contributed by atoms with Crippen LogP contribution in [0.3, 0.4) is 0 Å². The van der Waals surface area contributed by atoms with Gasteiger partial charge in [-0.25, -0.2) is 4.98 Å². The summed E-state index contributed by atoms with van der Waals surface area (Å²) in [5, 5.41) is 6.46. The molecular weight excluding hydrogens is 358 g/mol. The van der Waals surface area contributed by atoms with Crippen molar-refractivity contribution in [1.82, 2.24) is 10.3 Å². The lowest BCUT2D eigenvalue weighted by Crippen LogP contribution is -2.31. The van der Waals surface area contributed by atoms with Crippen molar-refractivity contribution >= 4 is 45.1 Å².